The van der Waals surface area contributed by atoms with Crippen molar-refractivity contribution in [1.29, 1.82) is 0 Å². The Morgan fingerprint density at radius 3 is 3.00 bits per heavy atom. The summed E-state index contributed by atoms with van der Waals surface area (Å²) in [5.74, 6) is 1.11. The van der Waals surface area contributed by atoms with Crippen LogP contribution in [0.5, 0.6) is 5.75 Å². The fourth-order valence-corrected chi connectivity index (χ4v) is 3.41. The molecule has 5 nitrogen and oxygen atoms in total. The molecule has 1 N–H and O–H groups in total. The van der Waals surface area contributed by atoms with Gasteiger partial charge in [0.05, 0.1) is 5.39 Å². The molecule has 3 aromatic rings. The molecule has 0 aliphatic carbocycles. The van der Waals surface area contributed by atoms with E-state index in [0.717, 1.165) is 15.3 Å². The first kappa shape index (κ1) is 14.2. The van der Waals surface area contributed by atoms with Crippen molar-refractivity contribution in [2.24, 2.45) is 0 Å². The minimum atomic E-state index is -0.120. The lowest BCUT2D eigenvalue weighted by atomic mass is 10.2. The highest BCUT2D eigenvalue weighted by atomic mass is 79.9. The second-order valence-electron chi connectivity index (χ2n) is 4.56. The topological polar surface area (TPSA) is 67.9 Å². The van der Waals surface area contributed by atoms with E-state index in [9.17, 15) is 4.79 Å². The van der Waals surface area contributed by atoms with Crippen LogP contribution in [0.25, 0.3) is 10.2 Å². The number of thiophene rings is 1. The Morgan fingerprint density at radius 2 is 2.24 bits per heavy atom. The van der Waals surface area contributed by atoms with E-state index >= 15 is 0 Å². The molecule has 3 aromatic heterocycles. The number of rotatable bonds is 3. The van der Waals surface area contributed by atoms with Gasteiger partial charge in [-0.15, -0.1) is 11.3 Å². The van der Waals surface area contributed by atoms with E-state index in [4.69, 9.17) is 4.74 Å². The van der Waals surface area contributed by atoms with Crippen molar-refractivity contribution in [1.82, 2.24) is 15.0 Å². The van der Waals surface area contributed by atoms with Crippen LogP contribution in [0.4, 0.5) is 0 Å². The van der Waals surface area contributed by atoms with Crippen molar-refractivity contribution >= 4 is 37.5 Å². The first-order chi connectivity index (χ1) is 10.1. The Morgan fingerprint density at radius 1 is 1.43 bits per heavy atom. The van der Waals surface area contributed by atoms with Crippen molar-refractivity contribution in [3.63, 3.8) is 0 Å². The summed E-state index contributed by atoms with van der Waals surface area (Å²) in [7, 11) is 0. The zero-order valence-electron chi connectivity index (χ0n) is 11.4. The van der Waals surface area contributed by atoms with Crippen LogP contribution in [0.1, 0.15) is 16.3 Å². The Balaban J connectivity index is 1.92. The maximum Gasteiger partial charge on any atom is 0.260 e. The molecule has 0 unspecified atom stereocenters. The Hall–Kier alpha value is -1.73. The van der Waals surface area contributed by atoms with Crippen molar-refractivity contribution < 1.29 is 4.74 Å². The standard InChI is InChI=1S/C14H12BrN3O2S/c1-7-8(2)21-14-11(7)13(19)17-10(18-14)6-20-9-4-3-5-16-12(9)15/h3-5H,6H2,1-2H3,(H,17,18,19). The molecule has 0 aromatic carbocycles. The van der Waals surface area contributed by atoms with Gasteiger partial charge in [-0.05, 0) is 47.5 Å². The van der Waals surface area contributed by atoms with Crippen molar-refractivity contribution in [3.05, 3.63) is 49.6 Å². The molecule has 108 valence electrons. The van der Waals surface area contributed by atoms with Crippen LogP contribution in [0.15, 0.2) is 27.7 Å². The fourth-order valence-electron chi connectivity index (χ4n) is 1.99. The third-order valence-electron chi connectivity index (χ3n) is 3.18. The van der Waals surface area contributed by atoms with E-state index < -0.39 is 0 Å². The van der Waals surface area contributed by atoms with Crippen LogP contribution in [-0.2, 0) is 6.61 Å². The second kappa shape index (κ2) is 5.57. The number of H-pyrrole nitrogens is 1. The molecule has 3 heterocycles. The highest BCUT2D eigenvalue weighted by Gasteiger charge is 2.12. The van der Waals surface area contributed by atoms with Gasteiger partial charge in [0.15, 0.2) is 5.75 Å². The highest BCUT2D eigenvalue weighted by Crippen LogP contribution is 2.26. The predicted octanol–water partition coefficient (Wildman–Crippen LogP) is 3.34. The molecule has 0 bridgehead atoms. The van der Waals surface area contributed by atoms with E-state index in [2.05, 4.69) is 30.9 Å². The summed E-state index contributed by atoms with van der Waals surface area (Å²) in [4.78, 5) is 25.3. The number of nitrogens with one attached hydrogen (secondary N) is 1. The van der Waals surface area contributed by atoms with Crippen LogP contribution < -0.4 is 10.3 Å². The van der Waals surface area contributed by atoms with Gasteiger partial charge in [0.2, 0.25) is 0 Å². The lowest BCUT2D eigenvalue weighted by molar-refractivity contribution is 0.293. The number of hydrogen-bond donors (Lipinski definition) is 1. The van der Waals surface area contributed by atoms with E-state index in [-0.39, 0.29) is 12.2 Å². The first-order valence-electron chi connectivity index (χ1n) is 6.28. The van der Waals surface area contributed by atoms with Gasteiger partial charge in [0.1, 0.15) is 21.9 Å². The predicted molar refractivity (Wildman–Crippen MR) is 86.0 cm³/mol. The van der Waals surface area contributed by atoms with E-state index in [1.165, 1.54) is 11.3 Å². The minimum absolute atomic E-state index is 0.120. The summed E-state index contributed by atoms with van der Waals surface area (Å²) in [6.07, 6.45) is 1.67. The van der Waals surface area contributed by atoms with Crippen LogP contribution in [0.3, 0.4) is 0 Å². The molecule has 0 aliphatic heterocycles. The lowest BCUT2D eigenvalue weighted by Gasteiger charge is -2.06. The van der Waals surface area contributed by atoms with Gasteiger partial charge in [-0.2, -0.15) is 0 Å². The number of aromatic nitrogens is 3. The SMILES string of the molecule is Cc1sc2nc(COc3cccnc3Br)[nH]c(=O)c2c1C. The maximum absolute atomic E-state index is 12.1. The maximum atomic E-state index is 12.1. The van der Waals surface area contributed by atoms with Gasteiger partial charge in [-0.3, -0.25) is 4.79 Å². The second-order valence-corrected chi connectivity index (χ2v) is 6.51. The fraction of sp³-hybridized carbons (Fsp3) is 0.214. The molecule has 0 aliphatic rings. The highest BCUT2D eigenvalue weighted by molar-refractivity contribution is 9.10. The summed E-state index contributed by atoms with van der Waals surface area (Å²) < 4.78 is 6.25. The molecule has 3 rings (SSSR count). The summed E-state index contributed by atoms with van der Waals surface area (Å²) in [5, 5.41) is 0.670. The number of halogens is 1. The van der Waals surface area contributed by atoms with Gasteiger partial charge in [-0.1, -0.05) is 0 Å². The molecule has 0 saturated carbocycles. The molecule has 0 saturated heterocycles. The number of hydrogen-bond acceptors (Lipinski definition) is 5. The van der Waals surface area contributed by atoms with E-state index in [0.29, 0.717) is 21.6 Å². The average Bonchev–Trinajstić information content (AvgIpc) is 2.73. The summed E-state index contributed by atoms with van der Waals surface area (Å²) >= 11 is 4.83. The molecule has 0 fully saturated rings. The molecule has 0 radical (unpaired) electrons. The Labute approximate surface area is 133 Å². The van der Waals surface area contributed by atoms with Gasteiger partial charge < -0.3 is 9.72 Å². The van der Waals surface area contributed by atoms with E-state index in [1.807, 2.05) is 13.8 Å². The molecular weight excluding hydrogens is 354 g/mol. The van der Waals surface area contributed by atoms with Crippen LogP contribution >= 0.6 is 27.3 Å². The zero-order chi connectivity index (χ0) is 15.0. The number of pyridine rings is 1. The third kappa shape index (κ3) is 2.71. The average molecular weight is 366 g/mol. The third-order valence-corrected chi connectivity index (χ3v) is 4.87. The molecule has 21 heavy (non-hydrogen) atoms. The molecule has 0 atom stereocenters. The molecule has 0 spiro atoms. The zero-order valence-corrected chi connectivity index (χ0v) is 13.8. The Bertz CT molecular complexity index is 872. The molecular formula is C14H12BrN3O2S. The summed E-state index contributed by atoms with van der Waals surface area (Å²) in [6.45, 7) is 4.11. The van der Waals surface area contributed by atoms with Crippen LogP contribution in [0, 0.1) is 13.8 Å². The lowest BCUT2D eigenvalue weighted by Crippen LogP contribution is -2.13. The van der Waals surface area contributed by atoms with Gasteiger partial charge in [0, 0.05) is 11.1 Å². The minimum Gasteiger partial charge on any atom is -0.483 e. The van der Waals surface area contributed by atoms with Crippen molar-refractivity contribution in [2.45, 2.75) is 20.5 Å². The Kier molecular flexibility index (Phi) is 3.77. The van der Waals surface area contributed by atoms with E-state index in [1.54, 1.807) is 18.3 Å². The smallest absolute Gasteiger partial charge is 0.260 e. The molecule has 0 amide bonds. The largest absolute Gasteiger partial charge is 0.483 e. The number of fused-ring (bicyclic) bond motifs is 1. The van der Waals surface area contributed by atoms with Crippen LogP contribution in [0.2, 0.25) is 0 Å². The number of aromatic amines is 1. The number of nitrogens with zero attached hydrogens (tertiary/aromatic N) is 2. The normalized spacial score (nSPS) is 11.0. The number of aryl methyl sites for hydroxylation is 2. The van der Waals surface area contributed by atoms with Gasteiger partial charge >= 0.3 is 0 Å². The first-order valence-corrected chi connectivity index (χ1v) is 7.89. The number of ether oxygens (including phenoxy) is 1. The summed E-state index contributed by atoms with van der Waals surface area (Å²) in [6, 6.07) is 3.58. The van der Waals surface area contributed by atoms with Gasteiger partial charge in [0.25, 0.3) is 5.56 Å². The van der Waals surface area contributed by atoms with Gasteiger partial charge in [-0.25, -0.2) is 9.97 Å². The quantitative estimate of drug-likeness (QED) is 0.722. The monoisotopic (exact) mass is 365 g/mol. The molecule has 7 heteroatoms. The van der Waals surface area contributed by atoms with Crippen molar-refractivity contribution in [3.8, 4) is 5.75 Å². The van der Waals surface area contributed by atoms with Crippen LogP contribution in [-0.4, -0.2) is 15.0 Å². The summed E-state index contributed by atoms with van der Waals surface area (Å²) in [5.41, 5.74) is 0.872. The van der Waals surface area contributed by atoms with Crippen molar-refractivity contribution in [2.75, 3.05) is 0 Å².